The standard InChI is InChI=1S/2C15H11ClF3NO2.C14H9ClF3NO2.C2H6/c1-13(4-5-13)6-7-14(15(17,18)19)10-8-9(16)2-3-11(10)20-12(21)22-14;1-20-12-5-4-10(16)8-11(12)14(15(17,18)19,22-13(20)21)7-6-9-2-3-9;15-9-3-4-11-10(7-9)13(14(16,17)18,21-12(20)19-11)6-5-8-1-2-8;1-2/h2-3,8H,4-5H2,1H3,(H,20,21);4-5,8-9H,2-3H2,1H3;3-4,7-8H,1-2H2,(H,19,20);1-2H3/t2*14-;13-;/m000./s1. The highest BCUT2D eigenvalue weighted by Gasteiger charge is 2.64. The minimum atomic E-state index is -4.89. The first kappa shape index (κ1) is 50.8. The average molecular weight is 1010 g/mol. The summed E-state index contributed by atoms with van der Waals surface area (Å²) in [5, 5.41) is 4.80. The SMILES string of the molecule is CC.CC1(C#C[C@]2(C(F)(F)F)OC(=O)Nc3ccc(Cl)cc32)CC1.CN1C(=O)O[C@](C#CC2CC2)(C(F)(F)F)c2cc(Cl)ccc21.O=C1Nc2ccc(Cl)cc2[C@@](C#CC2CC2)(C(F)(F)F)O1. The summed E-state index contributed by atoms with van der Waals surface area (Å²) in [6.45, 7) is 5.77. The first-order valence-electron chi connectivity index (χ1n) is 20.4. The van der Waals surface area contributed by atoms with Gasteiger partial charge in [-0.3, -0.25) is 15.5 Å². The molecule has 0 radical (unpaired) electrons. The Bertz CT molecular complexity index is 2670. The van der Waals surface area contributed by atoms with E-state index in [-0.39, 0.29) is 60.7 Å². The number of amides is 3. The van der Waals surface area contributed by atoms with Crippen molar-refractivity contribution < 1.29 is 68.1 Å². The van der Waals surface area contributed by atoms with E-state index in [1.807, 2.05) is 13.8 Å². The average Bonchev–Trinajstić information content (AvgIpc) is 4.12. The Balaban J connectivity index is 0.000000163. The van der Waals surface area contributed by atoms with Crippen LogP contribution < -0.4 is 15.5 Å². The Morgan fingerprint density at radius 3 is 1.34 bits per heavy atom. The molecule has 3 fully saturated rings. The number of carbonyl (C=O) groups is 3. The van der Waals surface area contributed by atoms with Crippen molar-refractivity contribution in [3.8, 4) is 35.5 Å². The lowest BCUT2D eigenvalue weighted by Crippen LogP contribution is -2.52. The van der Waals surface area contributed by atoms with Gasteiger partial charge in [0.1, 0.15) is 0 Å². The molecule has 9 nitrogen and oxygen atoms in total. The van der Waals surface area contributed by atoms with E-state index in [0.29, 0.717) is 0 Å². The van der Waals surface area contributed by atoms with Gasteiger partial charge in [-0.1, -0.05) is 66.4 Å². The van der Waals surface area contributed by atoms with E-state index in [9.17, 15) is 53.9 Å². The lowest BCUT2D eigenvalue weighted by Gasteiger charge is -2.39. The van der Waals surface area contributed by atoms with Crippen LogP contribution in [0.15, 0.2) is 54.6 Å². The van der Waals surface area contributed by atoms with Gasteiger partial charge < -0.3 is 14.2 Å². The second-order valence-corrected chi connectivity index (χ2v) is 17.2. The fourth-order valence-electron chi connectivity index (χ4n) is 6.46. The molecule has 0 spiro atoms. The molecular formula is C46H37Cl3F9N3O6. The number of ether oxygens (including phenoxy) is 3. The number of hydrogen-bond donors (Lipinski definition) is 2. The summed E-state index contributed by atoms with van der Waals surface area (Å²) in [6.07, 6.45) is -13.6. The molecule has 9 rings (SSSR count). The Labute approximate surface area is 393 Å². The first-order valence-corrected chi connectivity index (χ1v) is 21.5. The Hall–Kier alpha value is -5.61. The van der Waals surface area contributed by atoms with Gasteiger partial charge in [0.2, 0.25) is 0 Å². The number of benzene rings is 3. The van der Waals surface area contributed by atoms with E-state index < -0.39 is 59.0 Å². The Morgan fingerprint density at radius 1 is 0.582 bits per heavy atom. The molecular weight excluding hydrogens is 968 g/mol. The van der Waals surface area contributed by atoms with Gasteiger partial charge in [-0.2, -0.15) is 39.5 Å². The van der Waals surface area contributed by atoms with Crippen LogP contribution in [0.5, 0.6) is 0 Å². The van der Waals surface area contributed by atoms with Crippen LogP contribution in [0.4, 0.5) is 71.0 Å². The molecule has 3 heterocycles. The van der Waals surface area contributed by atoms with E-state index >= 15 is 0 Å². The van der Waals surface area contributed by atoms with Crippen molar-refractivity contribution >= 4 is 70.1 Å². The number of halogens is 12. The van der Waals surface area contributed by atoms with E-state index in [1.165, 1.54) is 43.4 Å². The number of alkyl halides is 9. The largest absolute Gasteiger partial charge is 0.445 e. The summed E-state index contributed by atoms with van der Waals surface area (Å²) < 4.78 is 137. The van der Waals surface area contributed by atoms with E-state index in [0.717, 1.165) is 61.6 Å². The van der Waals surface area contributed by atoms with Crippen molar-refractivity contribution in [2.75, 3.05) is 22.6 Å². The summed E-state index contributed by atoms with van der Waals surface area (Å²) in [7, 11) is 1.34. The van der Waals surface area contributed by atoms with Crippen molar-refractivity contribution in [3.63, 3.8) is 0 Å². The molecule has 0 unspecified atom stereocenters. The van der Waals surface area contributed by atoms with Crippen LogP contribution in [0.3, 0.4) is 0 Å². The maximum Gasteiger partial charge on any atom is 0.445 e. The molecule has 3 amide bonds. The summed E-state index contributed by atoms with van der Waals surface area (Å²) in [4.78, 5) is 36.0. The highest BCUT2D eigenvalue weighted by atomic mass is 35.5. The smallest absolute Gasteiger partial charge is 0.415 e. The lowest BCUT2D eigenvalue weighted by molar-refractivity contribution is -0.240. The molecule has 67 heavy (non-hydrogen) atoms. The van der Waals surface area contributed by atoms with Crippen molar-refractivity contribution in [1.29, 1.82) is 0 Å². The fourth-order valence-corrected chi connectivity index (χ4v) is 6.98. The summed E-state index contributed by atoms with van der Waals surface area (Å²) >= 11 is 17.4. The molecule has 3 saturated carbocycles. The second-order valence-electron chi connectivity index (χ2n) is 15.9. The normalized spacial score (nSPS) is 23.9. The molecule has 3 aromatic rings. The molecule has 0 bridgehead atoms. The maximum atomic E-state index is 13.7. The molecule has 3 aliphatic carbocycles. The Kier molecular flexibility index (Phi) is 14.0. The highest BCUT2D eigenvalue weighted by Crippen LogP contribution is 2.52. The third-order valence-corrected chi connectivity index (χ3v) is 11.4. The molecule has 2 N–H and O–H groups in total. The predicted octanol–water partition coefficient (Wildman–Crippen LogP) is 13.7. The number of fused-ring (bicyclic) bond motifs is 3. The molecule has 3 aromatic carbocycles. The molecule has 3 atom stereocenters. The van der Waals surface area contributed by atoms with Crippen LogP contribution in [0.2, 0.25) is 15.1 Å². The van der Waals surface area contributed by atoms with Gasteiger partial charge in [-0.15, -0.1) is 0 Å². The van der Waals surface area contributed by atoms with Crippen LogP contribution in [-0.4, -0.2) is 43.9 Å². The topological polar surface area (TPSA) is 106 Å². The van der Waals surface area contributed by atoms with Gasteiger partial charge in [0, 0.05) is 56.1 Å². The van der Waals surface area contributed by atoms with Crippen molar-refractivity contribution in [3.05, 3.63) is 86.4 Å². The third-order valence-electron chi connectivity index (χ3n) is 10.7. The van der Waals surface area contributed by atoms with Gasteiger partial charge in [0.15, 0.2) is 0 Å². The van der Waals surface area contributed by atoms with Crippen molar-refractivity contribution in [1.82, 2.24) is 0 Å². The maximum absolute atomic E-state index is 13.7. The number of nitrogens with one attached hydrogen (secondary N) is 2. The summed E-state index contributed by atoms with van der Waals surface area (Å²) in [6, 6.07) is 11.6. The van der Waals surface area contributed by atoms with Crippen LogP contribution >= 0.6 is 34.8 Å². The zero-order valence-corrected chi connectivity index (χ0v) is 37.8. The molecule has 21 heteroatoms. The minimum absolute atomic E-state index is 0.00179. The predicted molar refractivity (Wildman–Crippen MR) is 230 cm³/mol. The zero-order valence-electron chi connectivity index (χ0n) is 35.5. The molecule has 3 aliphatic heterocycles. The van der Waals surface area contributed by atoms with Gasteiger partial charge in [0.05, 0.1) is 17.1 Å². The van der Waals surface area contributed by atoms with Crippen molar-refractivity contribution in [2.24, 2.45) is 17.3 Å². The summed E-state index contributed by atoms with van der Waals surface area (Å²) in [5.74, 6) is 14.0. The quantitative estimate of drug-likeness (QED) is 0.132. The molecule has 0 saturated heterocycles. The third kappa shape index (κ3) is 10.6. The second kappa shape index (κ2) is 18.5. The van der Waals surface area contributed by atoms with E-state index in [4.69, 9.17) is 39.5 Å². The molecule has 0 aromatic heterocycles. The summed E-state index contributed by atoms with van der Waals surface area (Å²) in [5.41, 5.74) is -10.2. The van der Waals surface area contributed by atoms with Gasteiger partial charge in [-0.25, -0.2) is 14.4 Å². The monoisotopic (exact) mass is 1000 g/mol. The van der Waals surface area contributed by atoms with Crippen molar-refractivity contribution in [2.45, 2.75) is 94.6 Å². The van der Waals surface area contributed by atoms with Gasteiger partial charge >= 0.3 is 36.8 Å². The Morgan fingerprint density at radius 2 is 0.955 bits per heavy atom. The van der Waals surface area contributed by atoms with Gasteiger partial charge in [-0.05, 0) is 118 Å². The number of anilines is 3. The minimum Gasteiger partial charge on any atom is -0.415 e. The fraction of sp³-hybridized carbons (Fsp3) is 0.413. The van der Waals surface area contributed by atoms with E-state index in [1.54, 1.807) is 6.92 Å². The van der Waals surface area contributed by atoms with Gasteiger partial charge in [0.25, 0.3) is 16.8 Å². The molecule has 356 valence electrons. The van der Waals surface area contributed by atoms with E-state index in [2.05, 4.69) is 55.6 Å². The number of hydrogen-bond acceptors (Lipinski definition) is 6. The first-order chi connectivity index (χ1) is 31.2. The zero-order chi connectivity index (χ0) is 49.5. The van der Waals surface area contributed by atoms with Crippen LogP contribution in [0.1, 0.15) is 76.0 Å². The number of cyclic esters (lactones) is 3. The highest BCUT2D eigenvalue weighted by molar-refractivity contribution is 6.31. The lowest BCUT2D eigenvalue weighted by atomic mass is 9.89. The number of rotatable bonds is 0. The van der Waals surface area contributed by atoms with Crippen LogP contribution in [-0.2, 0) is 31.0 Å². The number of nitrogens with zero attached hydrogens (tertiary/aromatic N) is 1. The number of carbonyl (C=O) groups excluding carboxylic acids is 3. The van der Waals surface area contributed by atoms with Crippen LogP contribution in [0, 0.1) is 52.8 Å². The van der Waals surface area contributed by atoms with Crippen LogP contribution in [0.25, 0.3) is 0 Å². The molecule has 6 aliphatic rings.